The maximum absolute atomic E-state index is 11.7. The molecule has 1 amide bonds. The van der Waals surface area contributed by atoms with Crippen LogP contribution in [0.15, 0.2) is 29.3 Å². The third-order valence-corrected chi connectivity index (χ3v) is 3.18. The summed E-state index contributed by atoms with van der Waals surface area (Å²) in [6, 6.07) is 8.11. The quantitative estimate of drug-likeness (QED) is 0.788. The lowest BCUT2D eigenvalue weighted by Gasteiger charge is -2.20. The summed E-state index contributed by atoms with van der Waals surface area (Å²) in [5.74, 6) is 0.400. The topological polar surface area (TPSA) is 41.9 Å². The van der Waals surface area contributed by atoms with E-state index in [2.05, 4.69) is 37.9 Å². The monoisotopic (exact) mass is 274 g/mol. The smallest absolute Gasteiger partial charge is 0.249 e. The summed E-state index contributed by atoms with van der Waals surface area (Å²) in [5.41, 5.74) is 1.53. The molecule has 4 nitrogen and oxygen atoms in total. The van der Waals surface area contributed by atoms with Crippen LogP contribution in [0.25, 0.3) is 0 Å². The largest absolute Gasteiger partial charge is 0.272 e. The summed E-state index contributed by atoms with van der Waals surface area (Å²) in [7, 11) is 0. The van der Waals surface area contributed by atoms with Gasteiger partial charge >= 0.3 is 0 Å². The van der Waals surface area contributed by atoms with E-state index in [9.17, 15) is 4.79 Å². The van der Waals surface area contributed by atoms with Gasteiger partial charge in [-0.25, -0.2) is 9.83 Å². The van der Waals surface area contributed by atoms with Crippen molar-refractivity contribution in [3.63, 3.8) is 0 Å². The lowest BCUT2D eigenvalue weighted by atomic mass is 9.86. The van der Waals surface area contributed by atoms with Crippen LogP contribution in [0.1, 0.15) is 52.7 Å². The second-order valence-corrected chi connectivity index (χ2v) is 6.61. The Bertz CT molecular complexity index is 551. The number of nitrogens with zero attached hydrogens (tertiary/aromatic N) is 2. The number of carbonyl (C=O) groups is 1. The summed E-state index contributed by atoms with van der Waals surface area (Å²) in [6.45, 7) is 11.6. The van der Waals surface area contributed by atoms with E-state index in [0.717, 1.165) is 5.56 Å². The van der Waals surface area contributed by atoms with Gasteiger partial charge in [-0.3, -0.25) is 4.79 Å². The zero-order valence-electron chi connectivity index (χ0n) is 13.0. The molecule has 1 aromatic rings. The molecule has 0 aliphatic carbocycles. The Kier molecular flexibility index (Phi) is 3.46. The van der Waals surface area contributed by atoms with E-state index in [0.29, 0.717) is 5.84 Å². The summed E-state index contributed by atoms with van der Waals surface area (Å²) >= 11 is 0. The van der Waals surface area contributed by atoms with E-state index in [-0.39, 0.29) is 11.3 Å². The zero-order chi connectivity index (χ0) is 15.1. The number of rotatable bonds is 1. The van der Waals surface area contributed by atoms with Crippen molar-refractivity contribution in [2.24, 2.45) is 4.99 Å². The van der Waals surface area contributed by atoms with Crippen LogP contribution >= 0.6 is 0 Å². The van der Waals surface area contributed by atoms with Crippen LogP contribution in [0.4, 0.5) is 0 Å². The Morgan fingerprint density at radius 1 is 1.20 bits per heavy atom. The van der Waals surface area contributed by atoms with Crippen molar-refractivity contribution in [3.05, 3.63) is 35.4 Å². The van der Waals surface area contributed by atoms with E-state index in [4.69, 9.17) is 4.84 Å². The molecule has 20 heavy (non-hydrogen) atoms. The third-order valence-electron chi connectivity index (χ3n) is 3.18. The highest BCUT2D eigenvalue weighted by molar-refractivity contribution is 6.07. The number of amides is 1. The van der Waals surface area contributed by atoms with E-state index in [1.54, 1.807) is 0 Å². The molecule has 0 radical (unpaired) electrons. The van der Waals surface area contributed by atoms with Gasteiger partial charge in [-0.2, -0.15) is 5.06 Å². The minimum Gasteiger partial charge on any atom is -0.272 e. The Morgan fingerprint density at radius 2 is 1.75 bits per heavy atom. The first kappa shape index (κ1) is 14.7. The van der Waals surface area contributed by atoms with Crippen molar-refractivity contribution in [1.82, 2.24) is 5.06 Å². The van der Waals surface area contributed by atoms with Gasteiger partial charge in [0.25, 0.3) is 0 Å². The highest BCUT2D eigenvalue weighted by Crippen LogP contribution is 2.27. The van der Waals surface area contributed by atoms with Gasteiger partial charge in [-0.15, -0.1) is 0 Å². The van der Waals surface area contributed by atoms with Crippen molar-refractivity contribution in [1.29, 1.82) is 0 Å². The maximum Gasteiger partial charge on any atom is 0.249 e. The first-order valence-electron chi connectivity index (χ1n) is 6.81. The molecular formula is C16H22N2O2. The molecule has 0 atom stereocenters. The number of hydrogen-bond donors (Lipinski definition) is 0. The van der Waals surface area contributed by atoms with Crippen molar-refractivity contribution < 1.29 is 9.63 Å². The molecule has 108 valence electrons. The minimum atomic E-state index is -0.705. The highest BCUT2D eigenvalue weighted by Gasteiger charge is 2.35. The van der Waals surface area contributed by atoms with Gasteiger partial charge in [0.05, 0.1) is 0 Å². The molecule has 2 rings (SSSR count). The lowest BCUT2D eigenvalue weighted by Crippen LogP contribution is -2.34. The van der Waals surface area contributed by atoms with Crippen LogP contribution in [-0.4, -0.2) is 22.5 Å². The van der Waals surface area contributed by atoms with E-state index in [1.807, 2.05) is 26.0 Å². The molecule has 0 fully saturated rings. The van der Waals surface area contributed by atoms with E-state index >= 15 is 0 Å². The van der Waals surface area contributed by atoms with Gasteiger partial charge < -0.3 is 0 Å². The van der Waals surface area contributed by atoms with Crippen LogP contribution in [0, 0.1) is 0 Å². The van der Waals surface area contributed by atoms with Crippen LogP contribution in [-0.2, 0) is 15.0 Å². The average Bonchev–Trinajstić information content (AvgIpc) is 2.65. The summed E-state index contributed by atoms with van der Waals surface area (Å²) in [4.78, 5) is 21.7. The van der Waals surface area contributed by atoms with Crippen LogP contribution in [0.5, 0.6) is 0 Å². The molecule has 0 N–H and O–H groups in total. The molecular weight excluding hydrogens is 252 g/mol. The molecule has 0 saturated carbocycles. The molecule has 1 aliphatic rings. The first-order valence-corrected chi connectivity index (χ1v) is 6.81. The fourth-order valence-electron chi connectivity index (χ4n) is 2.10. The fraction of sp³-hybridized carbons (Fsp3) is 0.500. The standard InChI is InChI=1S/C16H22N2O2/c1-11(19)18-14(17-16(5,6)20-18)12-7-9-13(10-8-12)15(2,3)4/h7-10H,1-6H3. The molecule has 1 heterocycles. The van der Waals surface area contributed by atoms with Gasteiger partial charge in [0.1, 0.15) is 0 Å². The molecule has 0 aromatic heterocycles. The molecule has 1 aliphatic heterocycles. The second kappa shape index (κ2) is 4.70. The number of aliphatic imine (C=N–C) groups is 1. The Labute approximate surface area is 120 Å². The zero-order valence-corrected chi connectivity index (χ0v) is 13.0. The lowest BCUT2D eigenvalue weighted by molar-refractivity contribution is -0.183. The van der Waals surface area contributed by atoms with E-state index < -0.39 is 5.72 Å². The van der Waals surface area contributed by atoms with Crippen molar-refractivity contribution in [2.75, 3.05) is 0 Å². The fourth-order valence-corrected chi connectivity index (χ4v) is 2.10. The minimum absolute atomic E-state index is 0.103. The summed E-state index contributed by atoms with van der Waals surface area (Å²) in [5, 5.41) is 1.27. The first-order chi connectivity index (χ1) is 9.10. The average molecular weight is 274 g/mol. The number of hydrogen-bond acceptors (Lipinski definition) is 3. The van der Waals surface area contributed by atoms with Gasteiger partial charge in [-0.05, 0) is 24.8 Å². The molecule has 0 spiro atoms. The molecule has 0 unspecified atom stereocenters. The Morgan fingerprint density at radius 3 is 2.20 bits per heavy atom. The van der Waals surface area contributed by atoms with Crippen molar-refractivity contribution in [3.8, 4) is 0 Å². The van der Waals surface area contributed by atoms with Gasteiger partial charge in [0.2, 0.25) is 5.91 Å². The molecule has 4 heteroatoms. The molecule has 0 bridgehead atoms. The van der Waals surface area contributed by atoms with Crippen LogP contribution < -0.4 is 0 Å². The second-order valence-electron chi connectivity index (χ2n) is 6.61. The molecule has 1 aromatic carbocycles. The van der Waals surface area contributed by atoms with Crippen LogP contribution in [0.2, 0.25) is 0 Å². The predicted octanol–water partition coefficient (Wildman–Crippen LogP) is 3.26. The van der Waals surface area contributed by atoms with Crippen molar-refractivity contribution in [2.45, 2.75) is 52.7 Å². The van der Waals surface area contributed by atoms with Gasteiger partial charge in [0.15, 0.2) is 11.6 Å². The van der Waals surface area contributed by atoms with Crippen molar-refractivity contribution >= 4 is 11.7 Å². The summed E-state index contributed by atoms with van der Waals surface area (Å²) < 4.78 is 0. The normalized spacial score (nSPS) is 18.1. The molecule has 0 saturated heterocycles. The third kappa shape index (κ3) is 2.90. The number of hydroxylamine groups is 2. The van der Waals surface area contributed by atoms with Gasteiger partial charge in [-0.1, -0.05) is 45.0 Å². The number of benzene rings is 1. The maximum atomic E-state index is 11.7. The Hall–Kier alpha value is -1.68. The SMILES string of the molecule is CC(=O)N1OC(C)(C)N=C1c1ccc(C(C)(C)C)cc1. The summed E-state index contributed by atoms with van der Waals surface area (Å²) in [6.07, 6.45) is 0. The number of carbonyl (C=O) groups excluding carboxylic acids is 1. The van der Waals surface area contributed by atoms with Crippen LogP contribution in [0.3, 0.4) is 0 Å². The Balaban J connectivity index is 2.37. The number of amidine groups is 1. The predicted molar refractivity (Wildman–Crippen MR) is 79.4 cm³/mol. The van der Waals surface area contributed by atoms with E-state index in [1.165, 1.54) is 17.6 Å². The highest BCUT2D eigenvalue weighted by atomic mass is 16.7. The van der Waals surface area contributed by atoms with Gasteiger partial charge in [0, 0.05) is 12.5 Å².